The summed E-state index contributed by atoms with van der Waals surface area (Å²) < 4.78 is 23.1. The summed E-state index contributed by atoms with van der Waals surface area (Å²) in [6.45, 7) is 3.69. The molecule has 102 valence electrons. The maximum Gasteiger partial charge on any atom is 0.227 e. The second kappa shape index (κ2) is 5.17. The zero-order chi connectivity index (χ0) is 14.0. The lowest BCUT2D eigenvalue weighted by Gasteiger charge is -2.28. The molecule has 1 aliphatic rings. The molecule has 0 saturated carbocycles. The van der Waals surface area contributed by atoms with Crippen molar-refractivity contribution in [2.45, 2.75) is 26.3 Å². The number of para-hydroxylation sites is 1. The fraction of sp³-hybridized carbons (Fsp3) is 0.357. The van der Waals surface area contributed by atoms with Gasteiger partial charge in [0.05, 0.1) is 11.8 Å². The molecule has 1 atom stereocenters. The number of rotatable bonds is 3. The molecule has 0 spiro atoms. The fourth-order valence-electron chi connectivity index (χ4n) is 2.22. The topological polar surface area (TPSA) is 54.5 Å². The molecule has 5 heteroatoms. The Morgan fingerprint density at radius 1 is 1.37 bits per heavy atom. The molecular formula is C14H17NO3S. The zero-order valence-electron chi connectivity index (χ0n) is 11.0. The van der Waals surface area contributed by atoms with Crippen molar-refractivity contribution < 1.29 is 13.2 Å². The Labute approximate surface area is 113 Å². The van der Waals surface area contributed by atoms with Gasteiger partial charge in [-0.15, -0.1) is 0 Å². The van der Waals surface area contributed by atoms with E-state index in [1.807, 2.05) is 31.2 Å². The van der Waals surface area contributed by atoms with Crippen molar-refractivity contribution >= 4 is 21.4 Å². The highest BCUT2D eigenvalue weighted by molar-refractivity contribution is 7.94. The second-order valence-electron chi connectivity index (χ2n) is 4.63. The number of hydrogen-bond donors (Lipinski definition) is 0. The van der Waals surface area contributed by atoms with Crippen LogP contribution in [0.15, 0.2) is 35.7 Å². The van der Waals surface area contributed by atoms with Gasteiger partial charge >= 0.3 is 0 Å². The van der Waals surface area contributed by atoms with Crippen LogP contribution in [0.2, 0.25) is 0 Å². The van der Waals surface area contributed by atoms with Gasteiger partial charge in [0.1, 0.15) is 0 Å². The predicted molar refractivity (Wildman–Crippen MR) is 75.7 cm³/mol. The molecule has 4 nitrogen and oxygen atoms in total. The van der Waals surface area contributed by atoms with Crippen molar-refractivity contribution in [3.05, 3.63) is 41.3 Å². The summed E-state index contributed by atoms with van der Waals surface area (Å²) in [6.07, 6.45) is 1.94. The van der Waals surface area contributed by atoms with E-state index < -0.39 is 15.9 Å². The third kappa shape index (κ3) is 2.87. The van der Waals surface area contributed by atoms with Crippen LogP contribution in [0.4, 0.5) is 5.69 Å². The summed E-state index contributed by atoms with van der Waals surface area (Å²) >= 11 is 0. The summed E-state index contributed by atoms with van der Waals surface area (Å²) in [4.78, 5) is 13.8. The summed E-state index contributed by atoms with van der Waals surface area (Å²) in [5.41, 5.74) is 1.74. The third-order valence-corrected chi connectivity index (χ3v) is 4.57. The van der Waals surface area contributed by atoms with Crippen LogP contribution in [-0.2, 0) is 14.6 Å². The van der Waals surface area contributed by atoms with Gasteiger partial charge < -0.3 is 4.90 Å². The molecule has 0 fully saturated rings. The number of aryl methyl sites for hydroxylation is 1. The Morgan fingerprint density at radius 3 is 2.58 bits per heavy atom. The van der Waals surface area contributed by atoms with Crippen molar-refractivity contribution in [3.63, 3.8) is 0 Å². The number of sulfone groups is 1. The summed E-state index contributed by atoms with van der Waals surface area (Å²) in [5, 5.41) is 1.20. The van der Waals surface area contributed by atoms with Crippen molar-refractivity contribution in [1.82, 2.24) is 0 Å². The van der Waals surface area contributed by atoms with Crippen LogP contribution in [0.5, 0.6) is 0 Å². The molecule has 1 heterocycles. The fourth-order valence-corrected chi connectivity index (χ4v) is 3.49. The minimum absolute atomic E-state index is 0.0346. The number of carbonyl (C=O) groups excluding carboxylic acids is 1. The van der Waals surface area contributed by atoms with Gasteiger partial charge in [0.25, 0.3) is 0 Å². The lowest BCUT2D eigenvalue weighted by Crippen LogP contribution is -2.41. The Hall–Kier alpha value is -1.62. The van der Waals surface area contributed by atoms with E-state index in [0.29, 0.717) is 6.42 Å². The third-order valence-electron chi connectivity index (χ3n) is 3.19. The van der Waals surface area contributed by atoms with E-state index in [2.05, 4.69) is 0 Å². The Morgan fingerprint density at radius 2 is 2.05 bits per heavy atom. The molecule has 19 heavy (non-hydrogen) atoms. The predicted octanol–water partition coefficient (Wildman–Crippen LogP) is 2.05. The van der Waals surface area contributed by atoms with Gasteiger partial charge in [-0.1, -0.05) is 25.1 Å². The summed E-state index contributed by atoms with van der Waals surface area (Å²) in [7, 11) is -3.18. The average Bonchev–Trinajstić information content (AvgIpc) is 2.72. The van der Waals surface area contributed by atoms with Crippen molar-refractivity contribution in [1.29, 1.82) is 0 Å². The van der Waals surface area contributed by atoms with E-state index in [-0.39, 0.29) is 11.7 Å². The number of hydrogen-bond acceptors (Lipinski definition) is 3. The first-order valence-electron chi connectivity index (χ1n) is 6.23. The van der Waals surface area contributed by atoms with Gasteiger partial charge in [-0.05, 0) is 24.6 Å². The minimum atomic E-state index is -3.18. The summed E-state index contributed by atoms with van der Waals surface area (Å²) in [5.74, 6) is -0.103. The van der Waals surface area contributed by atoms with Crippen molar-refractivity contribution in [3.8, 4) is 0 Å². The minimum Gasteiger partial charge on any atom is -0.304 e. The first-order valence-corrected chi connectivity index (χ1v) is 7.95. The number of nitrogens with zero attached hydrogens (tertiary/aromatic N) is 1. The van der Waals surface area contributed by atoms with Crippen molar-refractivity contribution in [2.75, 3.05) is 10.7 Å². The standard InChI is InChI=1S/C14H17NO3S/c1-3-14(16)15(12-8-9-19(17,18)10-12)13-7-5-4-6-11(13)2/h4-9,12H,3,10H2,1-2H3. The number of carbonyl (C=O) groups is 1. The van der Waals surface area contributed by atoms with Gasteiger partial charge in [-0.3, -0.25) is 4.79 Å². The molecule has 1 aromatic carbocycles. The lowest BCUT2D eigenvalue weighted by atomic mass is 10.1. The van der Waals surface area contributed by atoms with Gasteiger partial charge in [0.15, 0.2) is 9.84 Å². The Bertz CT molecular complexity index is 619. The Kier molecular flexibility index (Phi) is 3.75. The van der Waals surface area contributed by atoms with Crippen LogP contribution in [0.1, 0.15) is 18.9 Å². The molecule has 0 aromatic heterocycles. The SMILES string of the molecule is CCC(=O)N(c1ccccc1C)C1C=CS(=O)(=O)C1. The maximum atomic E-state index is 12.2. The molecule has 0 bridgehead atoms. The van der Waals surface area contributed by atoms with E-state index in [1.165, 1.54) is 5.41 Å². The molecule has 2 rings (SSSR count). The quantitative estimate of drug-likeness (QED) is 0.851. The molecule has 1 unspecified atom stereocenters. The largest absolute Gasteiger partial charge is 0.304 e. The van der Waals surface area contributed by atoms with Crippen LogP contribution >= 0.6 is 0 Å². The van der Waals surface area contributed by atoms with Crippen LogP contribution in [0.3, 0.4) is 0 Å². The van der Waals surface area contributed by atoms with Crippen molar-refractivity contribution in [2.24, 2.45) is 0 Å². The number of anilines is 1. The highest BCUT2D eigenvalue weighted by atomic mass is 32.2. The molecule has 0 N–H and O–H groups in total. The number of benzene rings is 1. The van der Waals surface area contributed by atoms with Gasteiger partial charge in [-0.2, -0.15) is 0 Å². The molecule has 1 aliphatic heterocycles. The van der Waals surface area contributed by atoms with Gasteiger partial charge in [0, 0.05) is 17.5 Å². The molecule has 1 aromatic rings. The maximum absolute atomic E-state index is 12.2. The van der Waals surface area contributed by atoms with E-state index in [0.717, 1.165) is 11.3 Å². The molecule has 0 aliphatic carbocycles. The first-order chi connectivity index (χ1) is 8.94. The first kappa shape index (κ1) is 13.8. The van der Waals surface area contributed by atoms with Crippen LogP contribution in [-0.4, -0.2) is 26.1 Å². The van der Waals surface area contributed by atoms with Crippen LogP contribution < -0.4 is 4.90 Å². The number of amides is 1. The average molecular weight is 279 g/mol. The highest BCUT2D eigenvalue weighted by Crippen LogP contribution is 2.26. The molecule has 0 radical (unpaired) electrons. The summed E-state index contributed by atoms with van der Waals surface area (Å²) in [6, 6.07) is 7.11. The van der Waals surface area contributed by atoms with Gasteiger partial charge in [-0.25, -0.2) is 8.42 Å². The second-order valence-corrected chi connectivity index (χ2v) is 6.56. The van der Waals surface area contributed by atoms with Crippen LogP contribution in [0.25, 0.3) is 0 Å². The zero-order valence-corrected chi connectivity index (χ0v) is 11.9. The van der Waals surface area contributed by atoms with E-state index in [9.17, 15) is 13.2 Å². The smallest absolute Gasteiger partial charge is 0.227 e. The van der Waals surface area contributed by atoms with Gasteiger partial charge in [0.2, 0.25) is 5.91 Å². The highest BCUT2D eigenvalue weighted by Gasteiger charge is 2.31. The normalized spacial score (nSPS) is 20.4. The molecular weight excluding hydrogens is 262 g/mol. The van der Waals surface area contributed by atoms with E-state index >= 15 is 0 Å². The Balaban J connectivity index is 2.42. The monoisotopic (exact) mass is 279 g/mol. The molecule has 1 amide bonds. The van der Waals surface area contributed by atoms with E-state index in [4.69, 9.17) is 0 Å². The van der Waals surface area contributed by atoms with Crippen LogP contribution in [0, 0.1) is 6.92 Å². The van der Waals surface area contributed by atoms with E-state index in [1.54, 1.807) is 17.9 Å². The molecule has 0 saturated heterocycles. The lowest BCUT2D eigenvalue weighted by molar-refractivity contribution is -0.118.